The summed E-state index contributed by atoms with van der Waals surface area (Å²) in [6.07, 6.45) is 4.66. The van der Waals surface area contributed by atoms with Crippen LogP contribution < -0.4 is 16.4 Å². The molecule has 24 heavy (non-hydrogen) atoms. The van der Waals surface area contributed by atoms with Crippen LogP contribution in [0.5, 0.6) is 0 Å². The molecule has 0 aliphatic heterocycles. The molecule has 130 valence electrons. The van der Waals surface area contributed by atoms with E-state index in [2.05, 4.69) is 20.7 Å². The van der Waals surface area contributed by atoms with Crippen molar-refractivity contribution in [1.82, 2.24) is 20.4 Å². The van der Waals surface area contributed by atoms with Crippen molar-refractivity contribution in [1.29, 1.82) is 0 Å². The second kappa shape index (κ2) is 10.6. The molecule has 1 amide bonds. The molecule has 0 saturated carbocycles. The van der Waals surface area contributed by atoms with Crippen LogP contribution in [-0.2, 0) is 13.1 Å². The molecule has 0 fully saturated rings. The Balaban J connectivity index is 0.00000288. The van der Waals surface area contributed by atoms with Gasteiger partial charge in [0, 0.05) is 44.6 Å². The van der Waals surface area contributed by atoms with Gasteiger partial charge in [0.2, 0.25) is 5.91 Å². The zero-order chi connectivity index (χ0) is 16.5. The number of amides is 1. The summed E-state index contributed by atoms with van der Waals surface area (Å²) in [6, 6.07) is 9.14. The third-order valence-corrected chi connectivity index (χ3v) is 3.31. The third-order valence-electron chi connectivity index (χ3n) is 3.31. The van der Waals surface area contributed by atoms with E-state index in [0.29, 0.717) is 12.1 Å². The largest absolute Gasteiger partial charge is 0.366 e. The Morgan fingerprint density at radius 2 is 2.17 bits per heavy atom. The van der Waals surface area contributed by atoms with Gasteiger partial charge in [0.25, 0.3) is 0 Å². The molecule has 0 aliphatic carbocycles. The smallest absolute Gasteiger partial charge is 0.248 e. The molecule has 2 aromatic rings. The monoisotopic (exact) mass is 442 g/mol. The van der Waals surface area contributed by atoms with Crippen molar-refractivity contribution in [2.45, 2.75) is 19.5 Å². The van der Waals surface area contributed by atoms with Gasteiger partial charge >= 0.3 is 0 Å². The Bertz CT molecular complexity index is 656. The van der Waals surface area contributed by atoms with Gasteiger partial charge < -0.3 is 16.4 Å². The highest BCUT2D eigenvalue weighted by atomic mass is 127. The minimum atomic E-state index is -0.423. The number of guanidine groups is 1. The molecule has 2 rings (SSSR count). The zero-order valence-corrected chi connectivity index (χ0v) is 15.9. The van der Waals surface area contributed by atoms with Crippen LogP contribution in [0, 0.1) is 0 Å². The van der Waals surface area contributed by atoms with Gasteiger partial charge in [-0.2, -0.15) is 5.10 Å². The van der Waals surface area contributed by atoms with Gasteiger partial charge in [0.15, 0.2) is 5.96 Å². The average molecular weight is 442 g/mol. The molecule has 0 radical (unpaired) electrons. The summed E-state index contributed by atoms with van der Waals surface area (Å²) in [5.74, 6) is 0.294. The average Bonchev–Trinajstić information content (AvgIpc) is 3.08. The minimum absolute atomic E-state index is 0. The van der Waals surface area contributed by atoms with Crippen molar-refractivity contribution in [2.24, 2.45) is 10.7 Å². The van der Waals surface area contributed by atoms with Crippen molar-refractivity contribution in [2.75, 3.05) is 13.6 Å². The molecule has 1 aromatic carbocycles. The van der Waals surface area contributed by atoms with Crippen LogP contribution in [0.25, 0.3) is 0 Å². The van der Waals surface area contributed by atoms with Crippen LogP contribution in [0.2, 0.25) is 0 Å². The van der Waals surface area contributed by atoms with Gasteiger partial charge in [-0.15, -0.1) is 24.0 Å². The van der Waals surface area contributed by atoms with Crippen molar-refractivity contribution in [3.63, 3.8) is 0 Å². The summed E-state index contributed by atoms with van der Waals surface area (Å²) in [5.41, 5.74) is 6.76. The van der Waals surface area contributed by atoms with Crippen molar-refractivity contribution < 1.29 is 4.79 Å². The molecule has 1 aromatic heterocycles. The number of nitrogens with two attached hydrogens (primary N) is 1. The molecule has 0 unspecified atom stereocenters. The number of primary amides is 1. The maximum absolute atomic E-state index is 11.2. The lowest BCUT2D eigenvalue weighted by atomic mass is 10.1. The van der Waals surface area contributed by atoms with Gasteiger partial charge in [0.05, 0.1) is 0 Å². The lowest BCUT2D eigenvalue weighted by Gasteiger charge is -2.12. The summed E-state index contributed by atoms with van der Waals surface area (Å²) in [5, 5.41) is 10.6. The molecule has 0 atom stereocenters. The fourth-order valence-electron chi connectivity index (χ4n) is 2.12. The number of aryl methyl sites for hydroxylation is 1. The maximum Gasteiger partial charge on any atom is 0.248 e. The first-order chi connectivity index (χ1) is 11.2. The highest BCUT2D eigenvalue weighted by molar-refractivity contribution is 14.0. The Morgan fingerprint density at radius 3 is 2.83 bits per heavy atom. The number of halogens is 1. The van der Waals surface area contributed by atoms with Crippen LogP contribution in [-0.4, -0.2) is 35.2 Å². The van der Waals surface area contributed by atoms with E-state index in [-0.39, 0.29) is 24.0 Å². The van der Waals surface area contributed by atoms with Gasteiger partial charge in [-0.1, -0.05) is 12.1 Å². The molecule has 7 nitrogen and oxygen atoms in total. The topological polar surface area (TPSA) is 97.3 Å². The Hall–Kier alpha value is -2.10. The van der Waals surface area contributed by atoms with E-state index in [1.807, 2.05) is 29.1 Å². The number of carbonyl (C=O) groups excluding carboxylic acids is 1. The number of aliphatic imine (C=N–C) groups is 1. The molecule has 0 spiro atoms. The van der Waals surface area contributed by atoms with Gasteiger partial charge in [-0.05, 0) is 30.2 Å². The molecular formula is C16H23IN6O. The van der Waals surface area contributed by atoms with Crippen molar-refractivity contribution in [3.8, 4) is 0 Å². The highest BCUT2D eigenvalue weighted by Gasteiger charge is 2.02. The van der Waals surface area contributed by atoms with Crippen LogP contribution in [0.1, 0.15) is 22.3 Å². The van der Waals surface area contributed by atoms with Crippen molar-refractivity contribution >= 4 is 35.8 Å². The minimum Gasteiger partial charge on any atom is -0.366 e. The normalized spacial score (nSPS) is 10.8. The van der Waals surface area contributed by atoms with E-state index in [9.17, 15) is 4.79 Å². The quantitative estimate of drug-likeness (QED) is 0.261. The molecule has 4 N–H and O–H groups in total. The number of hydrogen-bond acceptors (Lipinski definition) is 3. The SMILES string of the molecule is CN=C(NCCCn1cccn1)NCc1cccc(C(N)=O)c1.I. The fourth-order valence-corrected chi connectivity index (χ4v) is 2.12. The standard InChI is InChI=1S/C16H22N6O.HI/c1-18-16(19-7-3-9-22-10-4-8-21-22)20-12-13-5-2-6-14(11-13)15(17)23;/h2,4-6,8,10-11H,3,7,9,12H2,1H3,(H2,17,23)(H2,18,19,20);1H. The van der Waals surface area contributed by atoms with E-state index in [1.54, 1.807) is 25.4 Å². The maximum atomic E-state index is 11.2. The first kappa shape index (κ1) is 19.9. The summed E-state index contributed by atoms with van der Waals surface area (Å²) in [4.78, 5) is 15.4. The summed E-state index contributed by atoms with van der Waals surface area (Å²) in [6.45, 7) is 2.22. The van der Waals surface area contributed by atoms with Crippen LogP contribution >= 0.6 is 24.0 Å². The zero-order valence-electron chi connectivity index (χ0n) is 13.6. The van der Waals surface area contributed by atoms with Crippen molar-refractivity contribution in [3.05, 3.63) is 53.9 Å². The number of rotatable bonds is 7. The number of benzene rings is 1. The predicted octanol–water partition coefficient (Wildman–Crippen LogP) is 1.36. The number of nitrogens with zero attached hydrogens (tertiary/aromatic N) is 3. The van der Waals surface area contributed by atoms with Crippen LogP contribution in [0.4, 0.5) is 0 Å². The lowest BCUT2D eigenvalue weighted by molar-refractivity contribution is 0.1000. The number of aromatic nitrogens is 2. The van der Waals surface area contributed by atoms with E-state index in [4.69, 9.17) is 5.73 Å². The Morgan fingerprint density at radius 1 is 1.33 bits per heavy atom. The molecule has 0 bridgehead atoms. The second-order valence-corrected chi connectivity index (χ2v) is 5.04. The molecule has 8 heteroatoms. The first-order valence-corrected chi connectivity index (χ1v) is 7.49. The predicted molar refractivity (Wildman–Crippen MR) is 105 cm³/mol. The fraction of sp³-hybridized carbons (Fsp3) is 0.312. The van der Waals surface area contributed by atoms with E-state index in [1.165, 1.54) is 0 Å². The molecule has 0 aliphatic rings. The Kier molecular flexibility index (Phi) is 8.84. The van der Waals surface area contributed by atoms with E-state index >= 15 is 0 Å². The highest BCUT2D eigenvalue weighted by Crippen LogP contribution is 2.04. The summed E-state index contributed by atoms with van der Waals surface area (Å²) in [7, 11) is 1.72. The van der Waals surface area contributed by atoms with Gasteiger partial charge in [-0.25, -0.2) is 0 Å². The van der Waals surface area contributed by atoms with Crippen LogP contribution in [0.15, 0.2) is 47.7 Å². The summed E-state index contributed by atoms with van der Waals surface area (Å²) < 4.78 is 1.90. The van der Waals surface area contributed by atoms with E-state index in [0.717, 1.165) is 31.0 Å². The molecule has 0 saturated heterocycles. The Labute approximate surface area is 158 Å². The molecular weight excluding hydrogens is 419 g/mol. The first-order valence-electron chi connectivity index (χ1n) is 7.49. The van der Waals surface area contributed by atoms with Gasteiger partial charge in [0.1, 0.15) is 0 Å². The molecule has 1 heterocycles. The second-order valence-electron chi connectivity index (χ2n) is 5.04. The summed E-state index contributed by atoms with van der Waals surface area (Å²) >= 11 is 0. The third kappa shape index (κ3) is 6.57. The lowest BCUT2D eigenvalue weighted by Crippen LogP contribution is -2.37. The van der Waals surface area contributed by atoms with Crippen LogP contribution in [0.3, 0.4) is 0 Å². The number of nitrogens with one attached hydrogen (secondary N) is 2. The van der Waals surface area contributed by atoms with Gasteiger partial charge in [-0.3, -0.25) is 14.5 Å². The number of hydrogen-bond donors (Lipinski definition) is 3. The van der Waals surface area contributed by atoms with E-state index < -0.39 is 5.91 Å². The number of carbonyl (C=O) groups is 1.